The fourth-order valence-corrected chi connectivity index (χ4v) is 8.23. The molecule has 0 aromatic carbocycles. The molecule has 2 heteroatoms. The van der Waals surface area contributed by atoms with Crippen LogP contribution in [0.3, 0.4) is 0 Å². The molecule has 3 unspecified atom stereocenters. The SMILES string of the molecule is CC(C)C/C=C/[C@@H](C)[C@H]1CCC2C3C(CC[C@@]21C)[C@@]1(C)CC[C@H](O)CC1=C[C@H]3O. The molecule has 0 saturated heterocycles. The zero-order chi connectivity index (χ0) is 21.0. The van der Waals surface area contributed by atoms with Crippen LogP contribution in [0.2, 0.25) is 0 Å². The summed E-state index contributed by atoms with van der Waals surface area (Å²) in [5, 5.41) is 21.5. The fraction of sp³-hybridized carbons (Fsp3) is 0.852. The second-order valence-electron chi connectivity index (χ2n) is 11.9. The second-order valence-corrected chi connectivity index (χ2v) is 11.9. The first-order chi connectivity index (χ1) is 13.7. The largest absolute Gasteiger partial charge is 0.393 e. The molecule has 0 heterocycles. The zero-order valence-corrected chi connectivity index (χ0v) is 19.4. The lowest BCUT2D eigenvalue weighted by Gasteiger charge is -2.59. The average molecular weight is 401 g/mol. The maximum atomic E-state index is 11.3. The summed E-state index contributed by atoms with van der Waals surface area (Å²) < 4.78 is 0. The lowest BCUT2D eigenvalue weighted by Crippen LogP contribution is -2.54. The van der Waals surface area contributed by atoms with E-state index in [1.54, 1.807) is 0 Å². The summed E-state index contributed by atoms with van der Waals surface area (Å²) in [4.78, 5) is 0. The van der Waals surface area contributed by atoms with Gasteiger partial charge < -0.3 is 10.2 Å². The Balaban J connectivity index is 1.57. The Morgan fingerprint density at radius 2 is 1.79 bits per heavy atom. The van der Waals surface area contributed by atoms with Gasteiger partial charge >= 0.3 is 0 Å². The van der Waals surface area contributed by atoms with Crippen LogP contribution in [0.15, 0.2) is 23.8 Å². The number of hydrogen-bond acceptors (Lipinski definition) is 2. The minimum atomic E-state index is -0.316. The number of allylic oxidation sites excluding steroid dienone is 2. The molecular formula is C27H44O2. The van der Waals surface area contributed by atoms with E-state index in [4.69, 9.17) is 0 Å². The van der Waals surface area contributed by atoms with Crippen LogP contribution >= 0.6 is 0 Å². The van der Waals surface area contributed by atoms with E-state index in [0.717, 1.165) is 31.1 Å². The van der Waals surface area contributed by atoms with Gasteiger partial charge in [0.05, 0.1) is 12.2 Å². The minimum Gasteiger partial charge on any atom is -0.393 e. The Kier molecular flexibility index (Phi) is 5.84. The van der Waals surface area contributed by atoms with Crippen molar-refractivity contribution in [2.75, 3.05) is 0 Å². The number of hydrogen-bond donors (Lipinski definition) is 2. The maximum absolute atomic E-state index is 11.3. The van der Waals surface area contributed by atoms with Crippen LogP contribution in [0.5, 0.6) is 0 Å². The van der Waals surface area contributed by atoms with Crippen LogP contribution in [0.25, 0.3) is 0 Å². The quantitative estimate of drug-likeness (QED) is 0.557. The Bertz CT molecular complexity index is 663. The molecule has 29 heavy (non-hydrogen) atoms. The lowest BCUT2D eigenvalue weighted by molar-refractivity contribution is -0.0950. The summed E-state index contributed by atoms with van der Waals surface area (Å²) in [5.74, 6) is 3.75. The first-order valence-electron chi connectivity index (χ1n) is 12.4. The van der Waals surface area contributed by atoms with Crippen LogP contribution in [0, 0.1) is 46.3 Å². The molecule has 0 amide bonds. The first-order valence-corrected chi connectivity index (χ1v) is 12.4. The summed E-state index contributed by atoms with van der Waals surface area (Å²) in [6.45, 7) is 12.0. The lowest BCUT2D eigenvalue weighted by atomic mass is 9.46. The zero-order valence-electron chi connectivity index (χ0n) is 19.4. The molecular weight excluding hydrogens is 356 g/mol. The highest BCUT2D eigenvalue weighted by molar-refractivity contribution is 5.28. The predicted octanol–water partition coefficient (Wildman–Crippen LogP) is 6.14. The molecule has 4 aliphatic carbocycles. The second kappa shape index (κ2) is 7.83. The van der Waals surface area contributed by atoms with Crippen molar-refractivity contribution < 1.29 is 10.2 Å². The number of aliphatic hydroxyl groups is 2. The molecule has 2 N–H and O–H groups in total. The van der Waals surface area contributed by atoms with E-state index < -0.39 is 0 Å². The molecule has 0 aromatic rings. The van der Waals surface area contributed by atoms with Gasteiger partial charge in [-0.25, -0.2) is 0 Å². The summed E-state index contributed by atoms with van der Waals surface area (Å²) in [7, 11) is 0. The molecule has 9 atom stereocenters. The van der Waals surface area contributed by atoms with E-state index in [9.17, 15) is 10.2 Å². The number of aliphatic hydroxyl groups excluding tert-OH is 2. The van der Waals surface area contributed by atoms with Crippen molar-refractivity contribution in [1.29, 1.82) is 0 Å². The molecule has 2 nitrogen and oxygen atoms in total. The van der Waals surface area contributed by atoms with Crippen LogP contribution in [0.4, 0.5) is 0 Å². The molecule has 0 spiro atoms. The fourth-order valence-electron chi connectivity index (χ4n) is 8.23. The normalized spacial score (nSPS) is 48.2. The van der Waals surface area contributed by atoms with Crippen molar-refractivity contribution in [3.63, 3.8) is 0 Å². The highest BCUT2D eigenvalue weighted by Gasteiger charge is 2.60. The van der Waals surface area contributed by atoms with Gasteiger partial charge in [-0.3, -0.25) is 0 Å². The predicted molar refractivity (Wildman–Crippen MR) is 120 cm³/mol. The van der Waals surface area contributed by atoms with Gasteiger partial charge in [0, 0.05) is 0 Å². The van der Waals surface area contributed by atoms with Crippen LogP contribution < -0.4 is 0 Å². The molecule has 0 radical (unpaired) electrons. The van der Waals surface area contributed by atoms with Crippen LogP contribution in [0.1, 0.15) is 86.0 Å². The van der Waals surface area contributed by atoms with Crippen molar-refractivity contribution in [2.45, 2.75) is 98.2 Å². The van der Waals surface area contributed by atoms with Crippen molar-refractivity contribution >= 4 is 0 Å². The van der Waals surface area contributed by atoms with Gasteiger partial charge in [0.25, 0.3) is 0 Å². The van der Waals surface area contributed by atoms with Crippen molar-refractivity contribution in [2.24, 2.45) is 46.3 Å². The summed E-state index contributed by atoms with van der Waals surface area (Å²) in [6.07, 6.45) is 15.7. The third-order valence-corrected chi connectivity index (χ3v) is 9.86. The van der Waals surface area contributed by atoms with Gasteiger partial charge in [0.1, 0.15) is 0 Å². The van der Waals surface area contributed by atoms with E-state index >= 15 is 0 Å². The van der Waals surface area contributed by atoms with E-state index in [1.165, 1.54) is 37.7 Å². The smallest absolute Gasteiger partial charge is 0.0757 e. The Labute approximate surface area is 178 Å². The van der Waals surface area contributed by atoms with Crippen molar-refractivity contribution in [3.8, 4) is 0 Å². The Morgan fingerprint density at radius 3 is 2.52 bits per heavy atom. The van der Waals surface area contributed by atoms with E-state index in [-0.39, 0.29) is 17.6 Å². The molecule has 4 rings (SSSR count). The van der Waals surface area contributed by atoms with Gasteiger partial charge in [0.2, 0.25) is 0 Å². The molecule has 164 valence electrons. The van der Waals surface area contributed by atoms with E-state index in [1.807, 2.05) is 0 Å². The van der Waals surface area contributed by atoms with Gasteiger partial charge in [0.15, 0.2) is 0 Å². The van der Waals surface area contributed by atoms with Crippen LogP contribution in [-0.4, -0.2) is 22.4 Å². The highest BCUT2D eigenvalue weighted by atomic mass is 16.3. The maximum Gasteiger partial charge on any atom is 0.0757 e. The summed E-state index contributed by atoms with van der Waals surface area (Å²) in [5.41, 5.74) is 1.92. The van der Waals surface area contributed by atoms with E-state index in [0.29, 0.717) is 29.1 Å². The first kappa shape index (κ1) is 21.6. The Morgan fingerprint density at radius 1 is 1.03 bits per heavy atom. The average Bonchev–Trinajstić information content (AvgIpc) is 3.00. The molecule has 4 aliphatic rings. The standard InChI is InChI=1S/C27H44O2/c1-17(2)7-6-8-18(3)21-9-10-22-25-23(12-14-27(21,22)5)26(4)13-11-20(28)15-19(26)16-24(25)29/h6,8,16-18,20-25,28-29H,7,9-15H2,1-5H3/b8-6+/t18-,20+,21-,22?,23?,24-,25?,26+,27-/m1/s1. The third-order valence-electron chi connectivity index (χ3n) is 9.86. The van der Waals surface area contributed by atoms with Gasteiger partial charge in [-0.15, -0.1) is 0 Å². The Hall–Kier alpha value is -0.600. The third kappa shape index (κ3) is 3.57. The molecule has 3 fully saturated rings. The van der Waals surface area contributed by atoms with Gasteiger partial charge in [-0.1, -0.05) is 58.4 Å². The summed E-state index contributed by atoms with van der Waals surface area (Å²) >= 11 is 0. The van der Waals surface area contributed by atoms with E-state index in [2.05, 4.69) is 52.8 Å². The van der Waals surface area contributed by atoms with Gasteiger partial charge in [-0.05, 0) is 97.7 Å². The monoisotopic (exact) mass is 400 g/mol. The number of rotatable bonds is 4. The van der Waals surface area contributed by atoms with Crippen molar-refractivity contribution in [1.82, 2.24) is 0 Å². The summed E-state index contributed by atoms with van der Waals surface area (Å²) in [6, 6.07) is 0. The molecule has 3 saturated carbocycles. The van der Waals surface area contributed by atoms with Gasteiger partial charge in [-0.2, -0.15) is 0 Å². The highest BCUT2D eigenvalue weighted by Crippen LogP contribution is 2.67. The number of fused-ring (bicyclic) bond motifs is 5. The minimum absolute atomic E-state index is 0.200. The molecule has 0 aromatic heterocycles. The van der Waals surface area contributed by atoms with Crippen LogP contribution in [-0.2, 0) is 0 Å². The topological polar surface area (TPSA) is 40.5 Å². The molecule has 0 bridgehead atoms. The molecule has 0 aliphatic heterocycles. The van der Waals surface area contributed by atoms with Crippen molar-refractivity contribution in [3.05, 3.63) is 23.8 Å².